The number of para-hydroxylation sites is 1. The van der Waals surface area contributed by atoms with Gasteiger partial charge < -0.3 is 9.30 Å². The second-order valence-corrected chi connectivity index (χ2v) is 6.46. The molecule has 3 rings (SSSR count). The summed E-state index contributed by atoms with van der Waals surface area (Å²) >= 11 is 0. The second-order valence-electron chi connectivity index (χ2n) is 6.46. The van der Waals surface area contributed by atoms with Crippen molar-refractivity contribution in [3.63, 3.8) is 0 Å². The number of hydrogen-bond acceptors (Lipinski definition) is 2. The number of rotatable bonds is 4. The number of aromatic nitrogens is 1. The third-order valence-corrected chi connectivity index (χ3v) is 4.16. The minimum Gasteiger partial charge on any atom is -0.482 e. The minimum absolute atomic E-state index is 0.0524. The molecule has 1 aromatic heterocycles. The molecule has 0 aliphatic carbocycles. The van der Waals surface area contributed by atoms with Crippen LogP contribution < -0.4 is 10.3 Å². The van der Waals surface area contributed by atoms with E-state index in [1.165, 1.54) is 0 Å². The summed E-state index contributed by atoms with van der Waals surface area (Å²) in [5.41, 5.74) is 1.32. The normalized spacial score (nSPS) is 15.6. The molecule has 116 valence electrons. The molecular formula is C19H23NO2. The number of aryl methyl sites for hydroxylation is 1. The van der Waals surface area contributed by atoms with Gasteiger partial charge in [0.25, 0.3) is 5.56 Å². The number of nitrogens with zero attached hydrogens (tertiary/aromatic N) is 1. The highest BCUT2D eigenvalue weighted by Gasteiger charge is 2.26. The largest absolute Gasteiger partial charge is 0.482 e. The van der Waals surface area contributed by atoms with E-state index < -0.39 is 0 Å². The SMILES string of the molecule is CCCCCn1c(=O)c2c(c3ccccc31)OC(C)(C)C=C2. The maximum absolute atomic E-state index is 12.9. The van der Waals surface area contributed by atoms with E-state index in [4.69, 9.17) is 4.74 Å². The van der Waals surface area contributed by atoms with Crippen LogP contribution in [-0.4, -0.2) is 10.2 Å². The summed E-state index contributed by atoms with van der Waals surface area (Å²) in [5.74, 6) is 0.722. The molecule has 0 saturated carbocycles. The van der Waals surface area contributed by atoms with Crippen LogP contribution in [0.3, 0.4) is 0 Å². The number of benzene rings is 1. The Morgan fingerprint density at radius 1 is 1.18 bits per heavy atom. The molecule has 1 aliphatic rings. The van der Waals surface area contributed by atoms with Crippen molar-refractivity contribution in [1.29, 1.82) is 0 Å². The molecule has 0 unspecified atom stereocenters. The molecule has 0 N–H and O–H groups in total. The van der Waals surface area contributed by atoms with Crippen LogP contribution in [0.15, 0.2) is 35.1 Å². The van der Waals surface area contributed by atoms with Crippen LogP contribution in [0.4, 0.5) is 0 Å². The molecule has 0 saturated heterocycles. The maximum Gasteiger partial charge on any atom is 0.262 e. The molecule has 0 fully saturated rings. The fraction of sp³-hybridized carbons (Fsp3) is 0.421. The predicted molar refractivity (Wildman–Crippen MR) is 91.5 cm³/mol. The van der Waals surface area contributed by atoms with Gasteiger partial charge in [0.1, 0.15) is 11.4 Å². The van der Waals surface area contributed by atoms with Gasteiger partial charge in [-0.2, -0.15) is 0 Å². The predicted octanol–water partition coefficient (Wildman–Crippen LogP) is 4.38. The summed E-state index contributed by atoms with van der Waals surface area (Å²) in [7, 11) is 0. The lowest BCUT2D eigenvalue weighted by Crippen LogP contribution is -2.32. The van der Waals surface area contributed by atoms with Gasteiger partial charge in [0.2, 0.25) is 0 Å². The van der Waals surface area contributed by atoms with E-state index in [9.17, 15) is 4.79 Å². The molecule has 0 amide bonds. The van der Waals surface area contributed by atoms with Gasteiger partial charge in [-0.25, -0.2) is 0 Å². The van der Waals surface area contributed by atoms with Gasteiger partial charge in [0, 0.05) is 11.9 Å². The van der Waals surface area contributed by atoms with Gasteiger partial charge in [-0.1, -0.05) is 31.9 Å². The average molecular weight is 297 g/mol. The highest BCUT2D eigenvalue weighted by Crippen LogP contribution is 2.35. The Labute approximate surface area is 131 Å². The third-order valence-electron chi connectivity index (χ3n) is 4.16. The summed E-state index contributed by atoms with van der Waals surface area (Å²) in [5, 5.41) is 1.02. The first kappa shape index (κ1) is 14.9. The quantitative estimate of drug-likeness (QED) is 0.784. The number of unbranched alkanes of at least 4 members (excludes halogenated alkanes) is 2. The molecular weight excluding hydrogens is 274 g/mol. The van der Waals surface area contributed by atoms with Gasteiger partial charge in [0.05, 0.1) is 11.1 Å². The van der Waals surface area contributed by atoms with Gasteiger partial charge >= 0.3 is 0 Å². The van der Waals surface area contributed by atoms with E-state index in [0.717, 1.165) is 42.5 Å². The molecule has 2 aromatic rings. The van der Waals surface area contributed by atoms with Gasteiger partial charge in [-0.05, 0) is 44.6 Å². The Morgan fingerprint density at radius 3 is 2.73 bits per heavy atom. The zero-order valence-electron chi connectivity index (χ0n) is 13.6. The highest BCUT2D eigenvalue weighted by atomic mass is 16.5. The molecule has 3 heteroatoms. The fourth-order valence-electron chi connectivity index (χ4n) is 2.98. The summed E-state index contributed by atoms with van der Waals surface area (Å²) in [6, 6.07) is 8.03. The summed E-state index contributed by atoms with van der Waals surface area (Å²) in [4.78, 5) is 12.9. The Morgan fingerprint density at radius 2 is 1.95 bits per heavy atom. The van der Waals surface area contributed by atoms with Crippen LogP contribution in [0.25, 0.3) is 17.0 Å². The van der Waals surface area contributed by atoms with Crippen LogP contribution in [0.2, 0.25) is 0 Å². The second kappa shape index (κ2) is 5.64. The van der Waals surface area contributed by atoms with Crippen molar-refractivity contribution in [2.45, 2.75) is 52.2 Å². The van der Waals surface area contributed by atoms with Crippen LogP contribution in [0.1, 0.15) is 45.6 Å². The molecule has 0 spiro atoms. The zero-order chi connectivity index (χ0) is 15.7. The topological polar surface area (TPSA) is 31.2 Å². The summed E-state index contributed by atoms with van der Waals surface area (Å²) in [6.45, 7) is 6.95. The van der Waals surface area contributed by atoms with E-state index in [-0.39, 0.29) is 11.2 Å². The molecule has 3 nitrogen and oxygen atoms in total. The Kier molecular flexibility index (Phi) is 3.81. The number of fused-ring (bicyclic) bond motifs is 3. The van der Waals surface area contributed by atoms with Crippen molar-refractivity contribution < 1.29 is 4.74 Å². The lowest BCUT2D eigenvalue weighted by molar-refractivity contribution is 0.161. The number of hydrogen-bond donors (Lipinski definition) is 0. The smallest absolute Gasteiger partial charge is 0.262 e. The van der Waals surface area contributed by atoms with Crippen molar-refractivity contribution in [3.8, 4) is 5.75 Å². The zero-order valence-corrected chi connectivity index (χ0v) is 13.6. The van der Waals surface area contributed by atoms with E-state index in [2.05, 4.69) is 6.92 Å². The van der Waals surface area contributed by atoms with Crippen LogP contribution in [0.5, 0.6) is 5.75 Å². The summed E-state index contributed by atoms with van der Waals surface area (Å²) < 4.78 is 7.99. The molecule has 1 aliphatic heterocycles. The number of pyridine rings is 1. The first-order valence-electron chi connectivity index (χ1n) is 8.07. The minimum atomic E-state index is -0.378. The van der Waals surface area contributed by atoms with Crippen LogP contribution in [-0.2, 0) is 6.54 Å². The molecule has 22 heavy (non-hydrogen) atoms. The third kappa shape index (κ3) is 2.56. The standard InChI is InChI=1S/C19H23NO2/c1-4-5-8-13-20-16-10-7-6-9-14(16)17-15(18(20)21)11-12-19(2,3)22-17/h6-7,9-12H,4-5,8,13H2,1-3H3. The lowest BCUT2D eigenvalue weighted by Gasteiger charge is -2.29. The fourth-order valence-corrected chi connectivity index (χ4v) is 2.98. The van der Waals surface area contributed by atoms with E-state index >= 15 is 0 Å². The van der Waals surface area contributed by atoms with Gasteiger partial charge in [-0.3, -0.25) is 4.79 Å². The van der Waals surface area contributed by atoms with Gasteiger partial charge in [0.15, 0.2) is 0 Å². The van der Waals surface area contributed by atoms with Crippen molar-refractivity contribution in [1.82, 2.24) is 4.57 Å². The molecule has 1 aromatic carbocycles. The van der Waals surface area contributed by atoms with Crippen LogP contribution in [0, 0.1) is 0 Å². The monoisotopic (exact) mass is 297 g/mol. The van der Waals surface area contributed by atoms with Crippen molar-refractivity contribution in [3.05, 3.63) is 46.3 Å². The van der Waals surface area contributed by atoms with Crippen molar-refractivity contribution in [2.24, 2.45) is 0 Å². The van der Waals surface area contributed by atoms with Crippen molar-refractivity contribution in [2.75, 3.05) is 0 Å². The molecule has 0 atom stereocenters. The summed E-state index contributed by atoms with van der Waals surface area (Å²) in [6.07, 6.45) is 7.19. The van der Waals surface area contributed by atoms with E-state index in [1.807, 2.05) is 54.8 Å². The van der Waals surface area contributed by atoms with Gasteiger partial charge in [-0.15, -0.1) is 0 Å². The first-order chi connectivity index (χ1) is 10.5. The Balaban J connectivity index is 2.22. The molecule has 2 heterocycles. The highest BCUT2D eigenvalue weighted by molar-refractivity contribution is 5.89. The average Bonchev–Trinajstić information content (AvgIpc) is 2.50. The maximum atomic E-state index is 12.9. The number of ether oxygens (including phenoxy) is 1. The Bertz CT molecular complexity index is 784. The molecule has 0 bridgehead atoms. The van der Waals surface area contributed by atoms with E-state index in [1.54, 1.807) is 0 Å². The first-order valence-corrected chi connectivity index (χ1v) is 8.07. The Hall–Kier alpha value is -2.03. The molecule has 0 radical (unpaired) electrons. The lowest BCUT2D eigenvalue weighted by atomic mass is 10.0. The van der Waals surface area contributed by atoms with Crippen LogP contribution >= 0.6 is 0 Å². The van der Waals surface area contributed by atoms with E-state index in [0.29, 0.717) is 5.56 Å². The van der Waals surface area contributed by atoms with Crippen molar-refractivity contribution >= 4 is 17.0 Å².